The zero-order chi connectivity index (χ0) is 15.7. The molecule has 0 heterocycles. The van der Waals surface area contributed by atoms with Gasteiger partial charge in [0.2, 0.25) is 0 Å². The molecule has 1 nitrogen and oxygen atoms in total. The zero-order valence-corrected chi connectivity index (χ0v) is 15.5. The molecule has 0 saturated heterocycles. The number of rotatable bonds is 4. The van der Waals surface area contributed by atoms with Crippen LogP contribution in [-0.2, 0) is 4.43 Å². The van der Waals surface area contributed by atoms with Crippen LogP contribution in [-0.4, -0.2) is 13.9 Å². The van der Waals surface area contributed by atoms with Crippen molar-refractivity contribution in [3.05, 3.63) is 47.6 Å². The Bertz CT molecular complexity index is 509. The topological polar surface area (TPSA) is 9.23 Å². The molecule has 0 aromatic rings. The van der Waals surface area contributed by atoms with Crippen molar-refractivity contribution in [3.8, 4) is 0 Å². The summed E-state index contributed by atoms with van der Waals surface area (Å²) < 4.78 is 6.81. The van der Waals surface area contributed by atoms with Crippen molar-refractivity contribution in [2.45, 2.75) is 65.3 Å². The second kappa shape index (κ2) is 5.73. The second-order valence-corrected chi connectivity index (χ2v) is 12.7. The first-order chi connectivity index (χ1) is 9.62. The van der Waals surface area contributed by atoms with Crippen LogP contribution < -0.4 is 0 Å². The molecule has 1 unspecified atom stereocenters. The lowest BCUT2D eigenvalue weighted by Crippen LogP contribution is -2.47. The van der Waals surface area contributed by atoms with E-state index in [-0.39, 0.29) is 11.0 Å². The van der Waals surface area contributed by atoms with E-state index in [0.29, 0.717) is 0 Å². The molecule has 0 N–H and O–H groups in total. The van der Waals surface area contributed by atoms with Crippen LogP contribution >= 0.6 is 0 Å². The zero-order valence-electron chi connectivity index (χ0n) is 14.5. The van der Waals surface area contributed by atoms with E-state index in [4.69, 9.17) is 4.43 Å². The van der Waals surface area contributed by atoms with Gasteiger partial charge in [-0.05, 0) is 49.0 Å². The molecule has 0 bridgehead atoms. The van der Waals surface area contributed by atoms with E-state index in [9.17, 15) is 0 Å². The van der Waals surface area contributed by atoms with Gasteiger partial charge in [-0.15, -0.1) is 0 Å². The third-order valence-corrected chi connectivity index (χ3v) is 4.99. The maximum Gasteiger partial charge on any atom is 0.184 e. The molecule has 0 amide bonds. The van der Waals surface area contributed by atoms with Gasteiger partial charge in [0.05, 0.1) is 5.60 Å². The molecule has 2 heteroatoms. The summed E-state index contributed by atoms with van der Waals surface area (Å²) in [5.41, 5.74) is 2.85. The Balaban J connectivity index is 2.41. The fourth-order valence-electron chi connectivity index (χ4n) is 3.47. The summed E-state index contributed by atoms with van der Waals surface area (Å²) in [4.78, 5) is 0. The highest BCUT2D eigenvalue weighted by Crippen LogP contribution is 2.46. The first-order valence-corrected chi connectivity index (χ1v) is 11.5. The Labute approximate surface area is 131 Å². The van der Waals surface area contributed by atoms with Crippen LogP contribution in [0.5, 0.6) is 0 Å². The van der Waals surface area contributed by atoms with Gasteiger partial charge in [0.25, 0.3) is 0 Å². The summed E-state index contributed by atoms with van der Waals surface area (Å²) in [5, 5.41) is 0. The molecule has 0 radical (unpaired) electrons. The van der Waals surface area contributed by atoms with Crippen molar-refractivity contribution in [1.29, 1.82) is 0 Å². The molecular formula is C19H30OSi. The summed E-state index contributed by atoms with van der Waals surface area (Å²) in [6.07, 6.45) is 16.7. The Kier molecular flexibility index (Phi) is 4.51. The molecule has 2 rings (SSSR count). The molecule has 0 aliphatic heterocycles. The van der Waals surface area contributed by atoms with Crippen molar-refractivity contribution in [1.82, 2.24) is 0 Å². The Morgan fingerprint density at radius 3 is 2.43 bits per heavy atom. The number of hydrogen-bond acceptors (Lipinski definition) is 1. The van der Waals surface area contributed by atoms with Crippen molar-refractivity contribution in [3.63, 3.8) is 0 Å². The number of allylic oxidation sites excluding steroid dienone is 5. The minimum Gasteiger partial charge on any atom is -0.408 e. The lowest BCUT2D eigenvalue weighted by Gasteiger charge is -2.46. The lowest BCUT2D eigenvalue weighted by molar-refractivity contribution is 0.0809. The highest BCUT2D eigenvalue weighted by Gasteiger charge is 2.43. The summed E-state index contributed by atoms with van der Waals surface area (Å²) >= 11 is 0. The average Bonchev–Trinajstić information content (AvgIpc) is 2.78. The first kappa shape index (κ1) is 16.5. The van der Waals surface area contributed by atoms with Crippen LogP contribution in [0.3, 0.4) is 0 Å². The van der Waals surface area contributed by atoms with Crippen LogP contribution in [0.1, 0.15) is 40.0 Å². The van der Waals surface area contributed by atoms with Gasteiger partial charge in [-0.1, -0.05) is 57.2 Å². The summed E-state index contributed by atoms with van der Waals surface area (Å²) in [6, 6.07) is 0. The van der Waals surface area contributed by atoms with Crippen LogP contribution in [0.25, 0.3) is 0 Å². The molecule has 2 aliphatic rings. The molecule has 1 atom stereocenters. The monoisotopic (exact) mass is 302 g/mol. The molecular weight excluding hydrogens is 272 g/mol. The lowest BCUT2D eigenvalue weighted by atomic mass is 9.70. The van der Waals surface area contributed by atoms with E-state index in [1.54, 1.807) is 0 Å². The predicted octanol–water partition coefficient (Wildman–Crippen LogP) is 5.79. The van der Waals surface area contributed by atoms with Gasteiger partial charge in [0.15, 0.2) is 8.32 Å². The molecule has 0 spiro atoms. The largest absolute Gasteiger partial charge is 0.408 e. The first-order valence-electron chi connectivity index (χ1n) is 8.06. The minimum absolute atomic E-state index is 0.132. The predicted molar refractivity (Wildman–Crippen MR) is 94.9 cm³/mol. The minimum atomic E-state index is -1.64. The van der Waals surface area contributed by atoms with E-state index >= 15 is 0 Å². The van der Waals surface area contributed by atoms with E-state index in [2.05, 4.69) is 76.9 Å². The van der Waals surface area contributed by atoms with Gasteiger partial charge in [-0.2, -0.15) is 0 Å². The number of hydrogen-bond donors (Lipinski definition) is 0. The van der Waals surface area contributed by atoms with Gasteiger partial charge in [0.1, 0.15) is 0 Å². The third kappa shape index (κ3) is 4.07. The van der Waals surface area contributed by atoms with Crippen LogP contribution in [0.2, 0.25) is 19.6 Å². The van der Waals surface area contributed by atoms with E-state index in [0.717, 1.165) is 19.3 Å². The summed E-state index contributed by atoms with van der Waals surface area (Å²) in [7, 11) is -1.64. The van der Waals surface area contributed by atoms with Crippen LogP contribution in [0.15, 0.2) is 47.6 Å². The molecule has 0 saturated carbocycles. The normalized spacial score (nSPS) is 26.0. The van der Waals surface area contributed by atoms with Crippen molar-refractivity contribution >= 4 is 8.32 Å². The van der Waals surface area contributed by atoms with E-state index in [1.165, 1.54) is 11.1 Å². The van der Waals surface area contributed by atoms with Gasteiger partial charge in [-0.3, -0.25) is 0 Å². The van der Waals surface area contributed by atoms with E-state index < -0.39 is 8.32 Å². The standard InChI is InChI=1S/C19H30OSi/c1-18(2,3)17-13-9-10-14-19(17,20-21(4,5)6)15-16-11-7-8-12-16/h7,9-13H,8,14-15H2,1-6H3. The highest BCUT2D eigenvalue weighted by atomic mass is 28.4. The SMILES string of the molecule is CC(C)(C)C1=CC=CCC1(CC1=CCC=C1)O[Si](C)(C)C. The molecule has 21 heavy (non-hydrogen) atoms. The van der Waals surface area contributed by atoms with Crippen LogP contribution in [0, 0.1) is 5.41 Å². The quantitative estimate of drug-likeness (QED) is 0.598. The molecule has 116 valence electrons. The summed E-state index contributed by atoms with van der Waals surface area (Å²) in [6.45, 7) is 13.8. The Hall–Kier alpha value is -0.863. The molecule has 0 aromatic heterocycles. The highest BCUT2D eigenvalue weighted by molar-refractivity contribution is 6.69. The van der Waals surface area contributed by atoms with Crippen molar-refractivity contribution in [2.75, 3.05) is 0 Å². The third-order valence-electron chi connectivity index (χ3n) is 3.98. The van der Waals surface area contributed by atoms with Crippen molar-refractivity contribution in [2.24, 2.45) is 5.41 Å². The molecule has 2 aliphatic carbocycles. The van der Waals surface area contributed by atoms with Gasteiger partial charge >= 0.3 is 0 Å². The fourth-order valence-corrected chi connectivity index (χ4v) is 4.91. The molecule has 0 fully saturated rings. The smallest absolute Gasteiger partial charge is 0.184 e. The Morgan fingerprint density at radius 1 is 1.19 bits per heavy atom. The average molecular weight is 303 g/mol. The van der Waals surface area contributed by atoms with Crippen LogP contribution in [0.4, 0.5) is 0 Å². The van der Waals surface area contributed by atoms with Crippen molar-refractivity contribution < 1.29 is 4.43 Å². The van der Waals surface area contributed by atoms with Gasteiger partial charge < -0.3 is 4.43 Å². The Morgan fingerprint density at radius 2 is 1.90 bits per heavy atom. The van der Waals surface area contributed by atoms with E-state index in [1.807, 2.05) is 0 Å². The summed E-state index contributed by atoms with van der Waals surface area (Å²) in [5.74, 6) is 0. The van der Waals surface area contributed by atoms with Gasteiger partial charge in [0, 0.05) is 6.42 Å². The second-order valence-electron chi connectivity index (χ2n) is 8.27. The fraction of sp³-hybridized carbons (Fsp3) is 0.579. The maximum absolute atomic E-state index is 6.81. The molecule has 0 aromatic carbocycles. The maximum atomic E-state index is 6.81. The van der Waals surface area contributed by atoms with Gasteiger partial charge in [-0.25, -0.2) is 0 Å².